The number of hydrogen-bond acceptors (Lipinski definition) is 3. The van der Waals surface area contributed by atoms with Crippen LogP contribution in [0, 0.1) is 0 Å². The molecule has 0 bridgehead atoms. The summed E-state index contributed by atoms with van der Waals surface area (Å²) in [5.41, 5.74) is 0.413. The molecule has 1 spiro atoms. The lowest BCUT2D eigenvalue weighted by atomic mass is 9.79. The molecule has 112 valence electrons. The number of ether oxygens (including phenoxy) is 1. The van der Waals surface area contributed by atoms with Gasteiger partial charge in [-0.25, -0.2) is 0 Å². The summed E-state index contributed by atoms with van der Waals surface area (Å²) in [5.74, 6) is 0. The molecule has 2 unspecified atom stereocenters. The third-order valence-electron chi connectivity index (χ3n) is 5.06. The molecule has 2 fully saturated rings. The predicted octanol–water partition coefficient (Wildman–Crippen LogP) is 2.80. The molecule has 1 N–H and O–H groups in total. The minimum atomic E-state index is 0.345. The van der Waals surface area contributed by atoms with E-state index in [-0.39, 0.29) is 0 Å². The van der Waals surface area contributed by atoms with E-state index in [0.29, 0.717) is 17.7 Å². The quantitative estimate of drug-likeness (QED) is 0.830. The maximum atomic E-state index is 5.49. The maximum absolute atomic E-state index is 5.49. The highest BCUT2D eigenvalue weighted by Gasteiger charge is 2.39. The third kappa shape index (κ3) is 3.93. The predicted molar refractivity (Wildman–Crippen MR) is 80.6 cm³/mol. The van der Waals surface area contributed by atoms with Gasteiger partial charge in [0.25, 0.3) is 0 Å². The SMILES string of the molecule is CCCC1CNC2(CCCCC2)CN1CC(C)OC. The van der Waals surface area contributed by atoms with E-state index in [1.54, 1.807) is 0 Å². The molecule has 2 aliphatic rings. The first-order valence-electron chi connectivity index (χ1n) is 8.21. The van der Waals surface area contributed by atoms with E-state index in [9.17, 15) is 0 Å². The molecule has 0 amide bonds. The maximum Gasteiger partial charge on any atom is 0.0670 e. The average molecular weight is 268 g/mol. The van der Waals surface area contributed by atoms with Crippen LogP contribution in [0.5, 0.6) is 0 Å². The Kier molecular flexibility index (Phi) is 5.67. The van der Waals surface area contributed by atoms with Crippen LogP contribution in [0.15, 0.2) is 0 Å². The zero-order chi connectivity index (χ0) is 13.7. The lowest BCUT2D eigenvalue weighted by Gasteiger charge is -2.50. The van der Waals surface area contributed by atoms with Crippen molar-refractivity contribution in [1.29, 1.82) is 0 Å². The van der Waals surface area contributed by atoms with Crippen molar-refractivity contribution >= 4 is 0 Å². The van der Waals surface area contributed by atoms with Gasteiger partial charge in [-0.15, -0.1) is 0 Å². The number of piperazine rings is 1. The molecule has 0 radical (unpaired) electrons. The number of methoxy groups -OCH3 is 1. The van der Waals surface area contributed by atoms with Gasteiger partial charge in [0, 0.05) is 38.3 Å². The van der Waals surface area contributed by atoms with E-state index >= 15 is 0 Å². The van der Waals surface area contributed by atoms with Gasteiger partial charge >= 0.3 is 0 Å². The number of nitrogens with zero attached hydrogens (tertiary/aromatic N) is 1. The van der Waals surface area contributed by atoms with Crippen molar-refractivity contribution < 1.29 is 4.74 Å². The van der Waals surface area contributed by atoms with Gasteiger partial charge in [-0.05, 0) is 26.2 Å². The summed E-state index contributed by atoms with van der Waals surface area (Å²) in [6.07, 6.45) is 9.89. The number of nitrogens with one attached hydrogen (secondary N) is 1. The standard InChI is InChI=1S/C16H32N2O/c1-4-8-15-11-17-16(9-6-5-7-10-16)13-18(15)12-14(2)19-3/h14-15,17H,4-13H2,1-3H3. The molecule has 19 heavy (non-hydrogen) atoms. The lowest BCUT2D eigenvalue weighted by Crippen LogP contribution is -2.65. The molecular formula is C16H32N2O. The monoisotopic (exact) mass is 268 g/mol. The molecule has 3 nitrogen and oxygen atoms in total. The summed E-state index contributed by atoms with van der Waals surface area (Å²) in [5, 5.41) is 3.91. The lowest BCUT2D eigenvalue weighted by molar-refractivity contribution is 0.00772. The molecule has 1 aliphatic heterocycles. The molecule has 1 saturated carbocycles. The number of rotatable bonds is 5. The van der Waals surface area contributed by atoms with Crippen molar-refractivity contribution in [2.45, 2.75) is 76.5 Å². The van der Waals surface area contributed by atoms with E-state index < -0.39 is 0 Å². The van der Waals surface area contributed by atoms with Crippen molar-refractivity contribution in [3.8, 4) is 0 Å². The molecular weight excluding hydrogens is 236 g/mol. The highest BCUT2D eigenvalue weighted by molar-refractivity contribution is 4.99. The van der Waals surface area contributed by atoms with E-state index in [1.807, 2.05) is 7.11 Å². The van der Waals surface area contributed by atoms with Crippen LogP contribution in [0.1, 0.15) is 58.8 Å². The molecule has 2 rings (SSSR count). The van der Waals surface area contributed by atoms with Gasteiger partial charge in [0.1, 0.15) is 0 Å². The highest BCUT2D eigenvalue weighted by atomic mass is 16.5. The van der Waals surface area contributed by atoms with Crippen molar-refractivity contribution in [2.75, 3.05) is 26.7 Å². The summed E-state index contributed by atoms with van der Waals surface area (Å²) in [6.45, 7) is 7.97. The summed E-state index contributed by atoms with van der Waals surface area (Å²) in [7, 11) is 1.83. The average Bonchev–Trinajstić information content (AvgIpc) is 2.43. The Hall–Kier alpha value is -0.120. The van der Waals surface area contributed by atoms with E-state index in [4.69, 9.17) is 4.74 Å². The van der Waals surface area contributed by atoms with E-state index in [2.05, 4.69) is 24.1 Å². The van der Waals surface area contributed by atoms with Crippen LogP contribution < -0.4 is 5.32 Å². The van der Waals surface area contributed by atoms with Crippen molar-refractivity contribution in [3.05, 3.63) is 0 Å². The van der Waals surface area contributed by atoms with Crippen LogP contribution in [0.4, 0.5) is 0 Å². The van der Waals surface area contributed by atoms with Gasteiger partial charge in [0.2, 0.25) is 0 Å². The van der Waals surface area contributed by atoms with Crippen LogP contribution in [0.25, 0.3) is 0 Å². The molecule has 1 aliphatic carbocycles. The van der Waals surface area contributed by atoms with Crippen molar-refractivity contribution in [2.24, 2.45) is 0 Å². The Morgan fingerprint density at radius 2 is 2.05 bits per heavy atom. The Labute approximate surface area is 119 Å². The third-order valence-corrected chi connectivity index (χ3v) is 5.06. The fourth-order valence-electron chi connectivity index (χ4n) is 3.84. The van der Waals surface area contributed by atoms with Gasteiger partial charge in [-0.3, -0.25) is 4.90 Å². The van der Waals surface area contributed by atoms with Crippen LogP contribution in [0.2, 0.25) is 0 Å². The van der Waals surface area contributed by atoms with Crippen LogP contribution in [-0.4, -0.2) is 49.3 Å². The summed E-state index contributed by atoms with van der Waals surface area (Å²) in [6, 6.07) is 0.704. The molecule has 0 aromatic carbocycles. The second kappa shape index (κ2) is 7.05. The van der Waals surface area contributed by atoms with Crippen LogP contribution >= 0.6 is 0 Å². The zero-order valence-corrected chi connectivity index (χ0v) is 13.1. The van der Waals surface area contributed by atoms with Gasteiger partial charge in [0.05, 0.1) is 6.10 Å². The second-order valence-corrected chi connectivity index (χ2v) is 6.64. The topological polar surface area (TPSA) is 24.5 Å². The van der Waals surface area contributed by atoms with Crippen LogP contribution in [0.3, 0.4) is 0 Å². The largest absolute Gasteiger partial charge is 0.380 e. The summed E-state index contributed by atoms with van der Waals surface area (Å²) < 4.78 is 5.49. The molecule has 0 aromatic rings. The minimum Gasteiger partial charge on any atom is -0.380 e. The van der Waals surface area contributed by atoms with Crippen molar-refractivity contribution in [3.63, 3.8) is 0 Å². The number of hydrogen-bond donors (Lipinski definition) is 1. The van der Waals surface area contributed by atoms with E-state index in [1.165, 1.54) is 58.0 Å². The van der Waals surface area contributed by atoms with E-state index in [0.717, 1.165) is 6.54 Å². The second-order valence-electron chi connectivity index (χ2n) is 6.64. The normalized spacial score (nSPS) is 29.5. The molecule has 2 atom stereocenters. The molecule has 1 saturated heterocycles. The fraction of sp³-hybridized carbons (Fsp3) is 1.00. The Morgan fingerprint density at radius 1 is 1.32 bits per heavy atom. The smallest absolute Gasteiger partial charge is 0.0670 e. The fourth-order valence-corrected chi connectivity index (χ4v) is 3.84. The first-order chi connectivity index (χ1) is 9.19. The molecule has 1 heterocycles. The zero-order valence-electron chi connectivity index (χ0n) is 13.1. The van der Waals surface area contributed by atoms with Gasteiger partial charge in [0.15, 0.2) is 0 Å². The van der Waals surface area contributed by atoms with Gasteiger partial charge < -0.3 is 10.1 Å². The first-order valence-corrected chi connectivity index (χ1v) is 8.21. The summed E-state index contributed by atoms with van der Waals surface area (Å²) in [4.78, 5) is 2.71. The van der Waals surface area contributed by atoms with Crippen LogP contribution in [-0.2, 0) is 4.74 Å². The minimum absolute atomic E-state index is 0.345. The Bertz CT molecular complexity index is 263. The molecule has 0 aromatic heterocycles. The van der Waals surface area contributed by atoms with Crippen molar-refractivity contribution in [1.82, 2.24) is 10.2 Å². The Morgan fingerprint density at radius 3 is 2.68 bits per heavy atom. The Balaban J connectivity index is 1.99. The molecule has 3 heteroatoms. The first kappa shape index (κ1) is 15.3. The van der Waals surface area contributed by atoms with Gasteiger partial charge in [-0.2, -0.15) is 0 Å². The summed E-state index contributed by atoms with van der Waals surface area (Å²) >= 11 is 0. The highest BCUT2D eigenvalue weighted by Crippen LogP contribution is 2.32. The van der Waals surface area contributed by atoms with Gasteiger partial charge in [-0.1, -0.05) is 32.6 Å².